The zero-order valence-corrected chi connectivity index (χ0v) is 17.7. The van der Waals surface area contributed by atoms with E-state index in [9.17, 15) is 13.2 Å². The van der Waals surface area contributed by atoms with Gasteiger partial charge in [-0.2, -0.15) is 4.31 Å². The van der Waals surface area contributed by atoms with Crippen molar-refractivity contribution in [2.75, 3.05) is 26.2 Å². The van der Waals surface area contributed by atoms with Crippen molar-refractivity contribution >= 4 is 15.9 Å². The number of nitrogens with one attached hydrogen (secondary N) is 1. The number of hydrogen-bond acceptors (Lipinski definition) is 4. The summed E-state index contributed by atoms with van der Waals surface area (Å²) in [6, 6.07) is 6.82. The molecule has 2 saturated heterocycles. The molecule has 0 spiro atoms. The van der Waals surface area contributed by atoms with Crippen LogP contribution in [-0.2, 0) is 21.4 Å². The lowest BCUT2D eigenvalue weighted by atomic mass is 10.2. The first kappa shape index (κ1) is 21.3. The average Bonchev–Trinajstić information content (AvgIpc) is 3.02. The molecular weight excluding hydrogens is 374 g/mol. The standard InChI is InChI=1S/C21H33N3O3S/c1-18(23-12-5-2-3-6-13-23)21(25)22-17-19-10-9-11-20(16-19)28(26,27)24-14-7-4-8-15-24/h9-11,16,18H,2-8,12-15,17H2,1H3,(H,22,25). The Kier molecular flexibility index (Phi) is 7.48. The lowest BCUT2D eigenvalue weighted by molar-refractivity contribution is -0.126. The van der Waals surface area contributed by atoms with E-state index in [-0.39, 0.29) is 11.9 Å². The SMILES string of the molecule is CC(C(=O)NCc1cccc(S(=O)(=O)N2CCCCC2)c1)N1CCCCCC1. The van der Waals surface area contributed by atoms with Crippen LogP contribution in [-0.4, -0.2) is 55.8 Å². The molecule has 1 N–H and O–H groups in total. The molecule has 7 heteroatoms. The highest BCUT2D eigenvalue weighted by molar-refractivity contribution is 7.89. The van der Waals surface area contributed by atoms with Gasteiger partial charge < -0.3 is 5.32 Å². The van der Waals surface area contributed by atoms with Crippen LogP contribution in [0.15, 0.2) is 29.2 Å². The molecule has 3 rings (SSSR count). The summed E-state index contributed by atoms with van der Waals surface area (Å²) >= 11 is 0. The number of benzene rings is 1. The number of carbonyl (C=O) groups excluding carboxylic acids is 1. The quantitative estimate of drug-likeness (QED) is 0.787. The minimum Gasteiger partial charge on any atom is -0.351 e. The van der Waals surface area contributed by atoms with Crippen molar-refractivity contribution in [3.05, 3.63) is 29.8 Å². The molecule has 1 aromatic rings. The van der Waals surface area contributed by atoms with Crippen LogP contribution in [0.25, 0.3) is 0 Å². The summed E-state index contributed by atoms with van der Waals surface area (Å²) in [5.41, 5.74) is 0.814. The molecule has 28 heavy (non-hydrogen) atoms. The molecule has 0 saturated carbocycles. The Morgan fingerprint density at radius 1 is 1.00 bits per heavy atom. The van der Waals surface area contributed by atoms with Gasteiger partial charge in [0.1, 0.15) is 0 Å². The molecule has 0 aliphatic carbocycles. The molecule has 6 nitrogen and oxygen atoms in total. The van der Waals surface area contributed by atoms with Gasteiger partial charge in [-0.25, -0.2) is 8.42 Å². The minimum absolute atomic E-state index is 0.00573. The van der Waals surface area contributed by atoms with Gasteiger partial charge in [0, 0.05) is 19.6 Å². The molecule has 1 unspecified atom stereocenters. The Morgan fingerprint density at radius 2 is 1.61 bits per heavy atom. The van der Waals surface area contributed by atoms with Crippen LogP contribution < -0.4 is 5.32 Å². The van der Waals surface area contributed by atoms with Crippen LogP contribution in [0.2, 0.25) is 0 Å². The van der Waals surface area contributed by atoms with Crippen molar-refractivity contribution in [2.24, 2.45) is 0 Å². The molecule has 1 amide bonds. The number of amides is 1. The third kappa shape index (κ3) is 5.33. The zero-order valence-electron chi connectivity index (χ0n) is 16.9. The second-order valence-corrected chi connectivity index (χ2v) is 9.89. The number of carbonyl (C=O) groups is 1. The maximum absolute atomic E-state index is 12.9. The fourth-order valence-corrected chi connectivity index (χ4v) is 5.64. The molecular formula is C21H33N3O3S. The van der Waals surface area contributed by atoms with E-state index in [0.29, 0.717) is 24.5 Å². The molecule has 0 aromatic heterocycles. The van der Waals surface area contributed by atoms with Crippen molar-refractivity contribution in [2.45, 2.75) is 69.4 Å². The topological polar surface area (TPSA) is 69.7 Å². The average molecular weight is 408 g/mol. The Morgan fingerprint density at radius 3 is 2.29 bits per heavy atom. The molecule has 156 valence electrons. The van der Waals surface area contributed by atoms with Crippen molar-refractivity contribution in [1.82, 2.24) is 14.5 Å². The first-order valence-electron chi connectivity index (χ1n) is 10.6. The maximum atomic E-state index is 12.9. The molecule has 1 aromatic carbocycles. The Labute approximate surface area is 169 Å². The van der Waals surface area contributed by atoms with E-state index < -0.39 is 10.0 Å². The van der Waals surface area contributed by atoms with Crippen molar-refractivity contribution in [3.63, 3.8) is 0 Å². The highest BCUT2D eigenvalue weighted by Crippen LogP contribution is 2.21. The fraction of sp³-hybridized carbons (Fsp3) is 0.667. The van der Waals surface area contributed by atoms with Gasteiger partial charge in [-0.3, -0.25) is 9.69 Å². The smallest absolute Gasteiger partial charge is 0.243 e. The molecule has 1 atom stereocenters. The highest BCUT2D eigenvalue weighted by atomic mass is 32.2. The molecule has 2 aliphatic rings. The van der Waals surface area contributed by atoms with Gasteiger partial charge in [0.2, 0.25) is 15.9 Å². The number of rotatable bonds is 6. The molecule has 2 heterocycles. The van der Waals surface area contributed by atoms with E-state index in [4.69, 9.17) is 0 Å². The predicted molar refractivity (Wildman–Crippen MR) is 110 cm³/mol. The van der Waals surface area contributed by atoms with Crippen LogP contribution in [0.3, 0.4) is 0 Å². The van der Waals surface area contributed by atoms with Gasteiger partial charge in [-0.1, -0.05) is 31.4 Å². The molecule has 0 radical (unpaired) electrons. The summed E-state index contributed by atoms with van der Waals surface area (Å²) in [6.45, 7) is 5.43. The van der Waals surface area contributed by atoms with Crippen molar-refractivity contribution < 1.29 is 13.2 Å². The van der Waals surface area contributed by atoms with Crippen LogP contribution in [0.4, 0.5) is 0 Å². The van der Waals surface area contributed by atoms with Crippen LogP contribution in [0.1, 0.15) is 57.4 Å². The van der Waals surface area contributed by atoms with Crippen molar-refractivity contribution in [1.29, 1.82) is 0 Å². The number of sulfonamides is 1. The monoisotopic (exact) mass is 407 g/mol. The number of piperidine rings is 1. The lowest BCUT2D eigenvalue weighted by Gasteiger charge is -2.27. The van der Waals surface area contributed by atoms with Gasteiger partial charge >= 0.3 is 0 Å². The van der Waals surface area contributed by atoms with Crippen LogP contribution in [0.5, 0.6) is 0 Å². The van der Waals surface area contributed by atoms with Gasteiger partial charge in [-0.05, 0) is 63.4 Å². The number of likely N-dealkylation sites (tertiary alicyclic amines) is 1. The van der Waals surface area contributed by atoms with Crippen LogP contribution >= 0.6 is 0 Å². The van der Waals surface area contributed by atoms with Gasteiger partial charge in [0.05, 0.1) is 10.9 Å². The van der Waals surface area contributed by atoms with E-state index >= 15 is 0 Å². The summed E-state index contributed by atoms with van der Waals surface area (Å²) in [7, 11) is -3.45. The first-order chi connectivity index (χ1) is 13.5. The maximum Gasteiger partial charge on any atom is 0.243 e. The van der Waals surface area contributed by atoms with E-state index in [0.717, 1.165) is 50.8 Å². The van der Waals surface area contributed by atoms with Gasteiger partial charge in [-0.15, -0.1) is 0 Å². The summed E-state index contributed by atoms with van der Waals surface area (Å²) in [5.74, 6) is 0.00573. The third-order valence-corrected chi connectivity index (χ3v) is 7.78. The van der Waals surface area contributed by atoms with Gasteiger partial charge in [0.15, 0.2) is 0 Å². The molecule has 2 fully saturated rings. The first-order valence-corrected chi connectivity index (χ1v) is 12.0. The summed E-state index contributed by atoms with van der Waals surface area (Å²) in [4.78, 5) is 15.1. The minimum atomic E-state index is -3.45. The lowest BCUT2D eigenvalue weighted by Crippen LogP contribution is -2.45. The highest BCUT2D eigenvalue weighted by Gasteiger charge is 2.26. The normalized spacial score (nSPS) is 21.0. The fourth-order valence-electron chi connectivity index (χ4n) is 4.06. The van der Waals surface area contributed by atoms with E-state index in [2.05, 4.69) is 10.2 Å². The van der Waals surface area contributed by atoms with E-state index in [1.165, 1.54) is 12.8 Å². The second kappa shape index (κ2) is 9.85. The zero-order chi connectivity index (χ0) is 20.0. The summed E-state index contributed by atoms with van der Waals surface area (Å²) in [5, 5.41) is 2.99. The van der Waals surface area contributed by atoms with Crippen LogP contribution in [0, 0.1) is 0 Å². The third-order valence-electron chi connectivity index (χ3n) is 5.89. The van der Waals surface area contributed by atoms with Crippen molar-refractivity contribution in [3.8, 4) is 0 Å². The second-order valence-electron chi connectivity index (χ2n) is 7.96. The Balaban J connectivity index is 1.60. The Bertz CT molecular complexity index is 752. The summed E-state index contributed by atoms with van der Waals surface area (Å²) < 4.78 is 27.3. The number of hydrogen-bond donors (Lipinski definition) is 1. The van der Waals surface area contributed by atoms with E-state index in [1.54, 1.807) is 22.5 Å². The van der Waals surface area contributed by atoms with Gasteiger partial charge in [0.25, 0.3) is 0 Å². The molecule has 0 bridgehead atoms. The Hall–Kier alpha value is -1.44. The predicted octanol–water partition coefficient (Wildman–Crippen LogP) is 2.74. The van der Waals surface area contributed by atoms with E-state index in [1.807, 2.05) is 13.0 Å². The number of nitrogens with zero attached hydrogens (tertiary/aromatic N) is 2. The molecule has 2 aliphatic heterocycles. The largest absolute Gasteiger partial charge is 0.351 e. The summed E-state index contributed by atoms with van der Waals surface area (Å²) in [6.07, 6.45) is 7.70.